The quantitative estimate of drug-likeness (QED) is 0.446. The van der Waals surface area contributed by atoms with Crippen molar-refractivity contribution in [1.29, 1.82) is 0 Å². The van der Waals surface area contributed by atoms with Gasteiger partial charge in [0.2, 0.25) is 17.7 Å². The van der Waals surface area contributed by atoms with Crippen LogP contribution in [0.3, 0.4) is 0 Å². The molecule has 2 aliphatic heterocycles. The number of nitrogens with one attached hydrogen (secondary N) is 3. The van der Waals surface area contributed by atoms with Crippen molar-refractivity contribution in [2.75, 3.05) is 19.6 Å². The zero-order chi connectivity index (χ0) is 28.1. The molecule has 40 heavy (non-hydrogen) atoms. The topological polar surface area (TPSA) is 90.5 Å². The molecule has 220 valence electrons. The van der Waals surface area contributed by atoms with Crippen molar-refractivity contribution in [3.8, 4) is 0 Å². The van der Waals surface area contributed by atoms with Crippen LogP contribution in [0.2, 0.25) is 5.02 Å². The molecular formula is C32H47ClN4O3. The van der Waals surface area contributed by atoms with E-state index in [9.17, 15) is 14.4 Å². The van der Waals surface area contributed by atoms with E-state index >= 15 is 0 Å². The summed E-state index contributed by atoms with van der Waals surface area (Å²) in [7, 11) is 0. The fourth-order valence-electron chi connectivity index (χ4n) is 8.06. The van der Waals surface area contributed by atoms with Crippen molar-refractivity contribution < 1.29 is 14.4 Å². The molecule has 4 atom stereocenters. The molecule has 5 rings (SSSR count). The first kappa shape index (κ1) is 29.4. The number of hydrogen-bond acceptors (Lipinski definition) is 4. The first-order valence-electron chi connectivity index (χ1n) is 15.7. The summed E-state index contributed by atoms with van der Waals surface area (Å²) in [5.74, 6) is 1.65. The molecule has 7 nitrogen and oxygen atoms in total. The summed E-state index contributed by atoms with van der Waals surface area (Å²) in [4.78, 5) is 41.7. The van der Waals surface area contributed by atoms with Gasteiger partial charge in [0.25, 0.3) is 0 Å². The van der Waals surface area contributed by atoms with E-state index in [1.54, 1.807) is 6.92 Å². The van der Waals surface area contributed by atoms with Crippen LogP contribution < -0.4 is 16.0 Å². The zero-order valence-corrected chi connectivity index (χ0v) is 24.8. The second-order valence-electron chi connectivity index (χ2n) is 12.9. The Balaban J connectivity index is 1.27. The second-order valence-corrected chi connectivity index (χ2v) is 13.3. The molecule has 0 spiro atoms. The van der Waals surface area contributed by atoms with Gasteiger partial charge >= 0.3 is 0 Å². The molecule has 0 radical (unpaired) electrons. The molecular weight excluding hydrogens is 524 g/mol. The van der Waals surface area contributed by atoms with E-state index in [-0.39, 0.29) is 29.3 Å². The van der Waals surface area contributed by atoms with Gasteiger partial charge in [-0.25, -0.2) is 0 Å². The van der Waals surface area contributed by atoms with Gasteiger partial charge in [0.05, 0.1) is 6.04 Å². The maximum atomic E-state index is 14.0. The van der Waals surface area contributed by atoms with Crippen LogP contribution in [0.4, 0.5) is 0 Å². The van der Waals surface area contributed by atoms with Crippen LogP contribution in [-0.2, 0) is 20.8 Å². The second kappa shape index (κ2) is 13.2. The Bertz CT molecular complexity index is 1030. The van der Waals surface area contributed by atoms with Crippen LogP contribution in [0.5, 0.6) is 0 Å². The van der Waals surface area contributed by atoms with Crippen molar-refractivity contribution in [3.63, 3.8) is 0 Å². The van der Waals surface area contributed by atoms with Gasteiger partial charge in [-0.3, -0.25) is 14.4 Å². The first-order valence-corrected chi connectivity index (χ1v) is 16.1. The highest BCUT2D eigenvalue weighted by Crippen LogP contribution is 2.39. The third-order valence-corrected chi connectivity index (χ3v) is 10.5. The SMILES string of the molecule is CC(=O)NC1(C2CCCCC2)CCN(C(=O)C(Cc2ccc(Cl)cc2)NC(=O)C2CC3CCCCC3CN2)CC1. The summed E-state index contributed by atoms with van der Waals surface area (Å²) in [6, 6.07) is 6.64. The van der Waals surface area contributed by atoms with E-state index in [1.807, 2.05) is 29.2 Å². The molecule has 2 heterocycles. The highest BCUT2D eigenvalue weighted by Gasteiger charge is 2.44. The summed E-state index contributed by atoms with van der Waals surface area (Å²) in [5.41, 5.74) is 0.736. The number of amides is 3. The van der Waals surface area contributed by atoms with Gasteiger partial charge in [0.15, 0.2) is 0 Å². The average molecular weight is 571 g/mol. The predicted octanol–water partition coefficient (Wildman–Crippen LogP) is 4.61. The largest absolute Gasteiger partial charge is 0.350 e. The molecule has 2 aliphatic carbocycles. The highest BCUT2D eigenvalue weighted by atomic mass is 35.5. The zero-order valence-electron chi connectivity index (χ0n) is 24.1. The number of nitrogens with zero attached hydrogens (tertiary/aromatic N) is 1. The van der Waals surface area contributed by atoms with E-state index in [1.165, 1.54) is 44.9 Å². The van der Waals surface area contributed by atoms with Crippen LogP contribution in [0.15, 0.2) is 24.3 Å². The number of fused-ring (bicyclic) bond motifs is 1. The number of carbonyl (C=O) groups is 3. The lowest BCUT2D eigenvalue weighted by Crippen LogP contribution is -2.62. The number of likely N-dealkylation sites (tertiary alicyclic amines) is 1. The minimum absolute atomic E-state index is 0.0124. The monoisotopic (exact) mass is 570 g/mol. The Morgan fingerprint density at radius 1 is 0.975 bits per heavy atom. The van der Waals surface area contributed by atoms with E-state index < -0.39 is 6.04 Å². The van der Waals surface area contributed by atoms with Crippen molar-refractivity contribution in [2.45, 2.75) is 108 Å². The Labute approximate surface area is 244 Å². The molecule has 0 bridgehead atoms. The number of carbonyl (C=O) groups excluding carboxylic acids is 3. The molecule has 4 fully saturated rings. The van der Waals surface area contributed by atoms with Gasteiger partial charge < -0.3 is 20.9 Å². The fourth-order valence-corrected chi connectivity index (χ4v) is 8.19. The molecule has 8 heteroatoms. The minimum atomic E-state index is -0.637. The van der Waals surface area contributed by atoms with Crippen LogP contribution in [-0.4, -0.2) is 59.9 Å². The van der Waals surface area contributed by atoms with Gasteiger partial charge in [-0.05, 0) is 80.5 Å². The molecule has 2 saturated heterocycles. The maximum Gasteiger partial charge on any atom is 0.245 e. The molecule has 4 aliphatic rings. The molecule has 1 aromatic carbocycles. The van der Waals surface area contributed by atoms with Gasteiger partial charge in [0.1, 0.15) is 6.04 Å². The number of hydrogen-bond donors (Lipinski definition) is 3. The molecule has 0 aromatic heterocycles. The predicted molar refractivity (Wildman–Crippen MR) is 158 cm³/mol. The Morgan fingerprint density at radius 2 is 1.62 bits per heavy atom. The van der Waals surface area contributed by atoms with E-state index in [0.29, 0.717) is 42.3 Å². The van der Waals surface area contributed by atoms with Crippen LogP contribution in [0, 0.1) is 17.8 Å². The molecule has 3 N–H and O–H groups in total. The number of rotatable bonds is 7. The lowest BCUT2D eigenvalue weighted by Gasteiger charge is -2.48. The van der Waals surface area contributed by atoms with Crippen molar-refractivity contribution in [2.24, 2.45) is 17.8 Å². The van der Waals surface area contributed by atoms with E-state index in [2.05, 4.69) is 16.0 Å². The first-order chi connectivity index (χ1) is 19.3. The van der Waals surface area contributed by atoms with E-state index in [0.717, 1.165) is 44.2 Å². The van der Waals surface area contributed by atoms with Gasteiger partial charge in [0, 0.05) is 37.0 Å². The Kier molecular flexibility index (Phi) is 9.72. The van der Waals surface area contributed by atoms with Gasteiger partial charge in [-0.1, -0.05) is 62.3 Å². The summed E-state index contributed by atoms with van der Waals surface area (Å²) in [6.45, 7) is 3.67. The molecule has 3 amide bonds. The van der Waals surface area contributed by atoms with Crippen LogP contribution in [0.1, 0.15) is 89.5 Å². The van der Waals surface area contributed by atoms with Crippen LogP contribution >= 0.6 is 11.6 Å². The number of piperidine rings is 2. The van der Waals surface area contributed by atoms with Gasteiger partial charge in [-0.15, -0.1) is 0 Å². The summed E-state index contributed by atoms with van der Waals surface area (Å²) < 4.78 is 0. The minimum Gasteiger partial charge on any atom is -0.350 e. The third-order valence-electron chi connectivity index (χ3n) is 10.3. The summed E-state index contributed by atoms with van der Waals surface area (Å²) in [6.07, 6.45) is 13.8. The third kappa shape index (κ3) is 7.02. The fraction of sp³-hybridized carbons (Fsp3) is 0.719. The smallest absolute Gasteiger partial charge is 0.245 e. The normalized spacial score (nSPS) is 27.8. The molecule has 1 aromatic rings. The lowest BCUT2D eigenvalue weighted by atomic mass is 9.69. The van der Waals surface area contributed by atoms with Crippen LogP contribution in [0.25, 0.3) is 0 Å². The standard InChI is InChI=1S/C32H47ClN4O3/c1-22(38)36-32(26-9-3-2-4-10-26)15-17-37(18-16-32)31(40)29(19-23-11-13-27(33)14-12-23)35-30(39)28-20-24-7-5-6-8-25(24)21-34-28/h11-14,24-26,28-29,34H,2-10,15-21H2,1H3,(H,35,39)(H,36,38). The average Bonchev–Trinajstić information content (AvgIpc) is 2.98. The number of halogens is 1. The molecule has 4 unspecified atom stereocenters. The van der Waals surface area contributed by atoms with Crippen molar-refractivity contribution >= 4 is 29.3 Å². The highest BCUT2D eigenvalue weighted by molar-refractivity contribution is 6.30. The van der Waals surface area contributed by atoms with Crippen molar-refractivity contribution in [3.05, 3.63) is 34.9 Å². The Morgan fingerprint density at radius 3 is 2.30 bits per heavy atom. The molecule has 2 saturated carbocycles. The van der Waals surface area contributed by atoms with E-state index in [4.69, 9.17) is 11.6 Å². The maximum absolute atomic E-state index is 14.0. The van der Waals surface area contributed by atoms with Crippen molar-refractivity contribution in [1.82, 2.24) is 20.9 Å². The summed E-state index contributed by atoms with van der Waals surface area (Å²) >= 11 is 6.12. The van der Waals surface area contributed by atoms with Gasteiger partial charge in [-0.2, -0.15) is 0 Å². The lowest BCUT2D eigenvalue weighted by molar-refractivity contribution is -0.139. The summed E-state index contributed by atoms with van der Waals surface area (Å²) in [5, 5.41) is 10.6. The number of benzene rings is 1. The Hall–Kier alpha value is -2.12.